The Morgan fingerprint density at radius 2 is 2.00 bits per heavy atom. The zero-order valence-electron chi connectivity index (χ0n) is 17.9. The van der Waals surface area contributed by atoms with Crippen LogP contribution in [0.5, 0.6) is 11.5 Å². The number of fused-ring (bicyclic) bond motifs is 1. The van der Waals surface area contributed by atoms with Crippen LogP contribution in [0.15, 0.2) is 42.5 Å². The van der Waals surface area contributed by atoms with E-state index in [1.54, 1.807) is 0 Å². The Bertz CT molecular complexity index is 863. The van der Waals surface area contributed by atoms with Crippen LogP contribution in [0.4, 0.5) is 5.69 Å². The fourth-order valence-corrected chi connectivity index (χ4v) is 4.29. The van der Waals surface area contributed by atoms with Crippen molar-refractivity contribution in [3.05, 3.63) is 53.6 Å². The Morgan fingerprint density at radius 3 is 2.73 bits per heavy atom. The summed E-state index contributed by atoms with van der Waals surface area (Å²) >= 11 is 0. The van der Waals surface area contributed by atoms with E-state index in [1.807, 2.05) is 19.1 Å². The summed E-state index contributed by atoms with van der Waals surface area (Å²) in [5.74, 6) is 1.84. The second-order valence-corrected chi connectivity index (χ2v) is 8.16. The molecule has 6 heteroatoms. The van der Waals surface area contributed by atoms with Gasteiger partial charge in [-0.2, -0.15) is 0 Å². The minimum absolute atomic E-state index is 0.0791. The molecule has 0 radical (unpaired) electrons. The lowest BCUT2D eigenvalue weighted by molar-refractivity contribution is -0.892. The van der Waals surface area contributed by atoms with Gasteiger partial charge in [-0.15, -0.1) is 0 Å². The van der Waals surface area contributed by atoms with E-state index in [1.165, 1.54) is 16.2 Å². The number of para-hydroxylation sites is 1. The minimum Gasteiger partial charge on any atom is -0.494 e. The van der Waals surface area contributed by atoms with E-state index in [0.717, 1.165) is 49.7 Å². The molecule has 0 saturated carbocycles. The fraction of sp³-hybridized carbons (Fsp3) is 0.458. The van der Waals surface area contributed by atoms with Crippen LogP contribution >= 0.6 is 0 Å². The van der Waals surface area contributed by atoms with Gasteiger partial charge >= 0.3 is 0 Å². The predicted octanol–water partition coefficient (Wildman–Crippen LogP) is 1.43. The Balaban J connectivity index is 1.29. The molecule has 1 atom stereocenters. The largest absolute Gasteiger partial charge is 0.494 e. The molecule has 1 fully saturated rings. The van der Waals surface area contributed by atoms with Crippen molar-refractivity contribution in [1.82, 2.24) is 5.32 Å². The summed E-state index contributed by atoms with van der Waals surface area (Å²) < 4.78 is 11.7. The van der Waals surface area contributed by atoms with Crippen molar-refractivity contribution < 1.29 is 19.2 Å². The number of anilines is 1. The number of rotatable bonds is 7. The number of hydrogen-bond acceptors (Lipinski definition) is 4. The number of quaternary nitrogens is 1. The monoisotopic (exact) mass is 410 g/mol. The molecule has 1 saturated heterocycles. The Morgan fingerprint density at radius 1 is 1.23 bits per heavy atom. The van der Waals surface area contributed by atoms with Crippen LogP contribution in [0.3, 0.4) is 0 Å². The van der Waals surface area contributed by atoms with Crippen LogP contribution in [-0.2, 0) is 17.8 Å². The fourth-order valence-electron chi connectivity index (χ4n) is 4.29. The molecule has 0 spiro atoms. The van der Waals surface area contributed by atoms with E-state index in [4.69, 9.17) is 9.47 Å². The van der Waals surface area contributed by atoms with E-state index in [-0.39, 0.29) is 12.0 Å². The number of piperazine rings is 1. The van der Waals surface area contributed by atoms with Gasteiger partial charge in [0.05, 0.1) is 32.8 Å². The van der Waals surface area contributed by atoms with Crippen LogP contribution in [0.1, 0.15) is 25.0 Å². The van der Waals surface area contributed by atoms with Crippen LogP contribution in [-0.4, -0.2) is 51.3 Å². The van der Waals surface area contributed by atoms with Crippen molar-refractivity contribution in [3.63, 3.8) is 0 Å². The molecular weight excluding hydrogens is 378 g/mol. The van der Waals surface area contributed by atoms with Gasteiger partial charge in [0.1, 0.15) is 17.6 Å². The molecule has 0 aliphatic carbocycles. The first-order valence-corrected chi connectivity index (χ1v) is 11.0. The molecule has 2 N–H and O–H groups in total. The first kappa shape index (κ1) is 20.5. The zero-order chi connectivity index (χ0) is 20.9. The summed E-state index contributed by atoms with van der Waals surface area (Å²) in [4.78, 5) is 16.3. The maximum Gasteiger partial charge on any atom is 0.275 e. The van der Waals surface area contributed by atoms with Gasteiger partial charge in [-0.1, -0.05) is 18.2 Å². The molecule has 0 aromatic heterocycles. The van der Waals surface area contributed by atoms with Gasteiger partial charge in [-0.25, -0.2) is 0 Å². The molecule has 2 aliphatic rings. The van der Waals surface area contributed by atoms with Gasteiger partial charge in [-0.05, 0) is 38.1 Å². The van der Waals surface area contributed by atoms with E-state index < -0.39 is 0 Å². The number of hydrogen-bond donors (Lipinski definition) is 2. The molecule has 0 bridgehead atoms. The number of ether oxygens (including phenoxy) is 2. The van der Waals surface area contributed by atoms with Crippen molar-refractivity contribution in [2.75, 3.05) is 44.2 Å². The highest BCUT2D eigenvalue weighted by molar-refractivity contribution is 5.77. The lowest BCUT2D eigenvalue weighted by Crippen LogP contribution is -3.15. The lowest BCUT2D eigenvalue weighted by Gasteiger charge is -2.33. The average molecular weight is 411 g/mol. The molecule has 2 aromatic carbocycles. The molecule has 1 amide bonds. The van der Waals surface area contributed by atoms with E-state index >= 15 is 0 Å². The average Bonchev–Trinajstić information content (AvgIpc) is 3.12. The summed E-state index contributed by atoms with van der Waals surface area (Å²) in [5.41, 5.74) is 3.42. The Labute approximate surface area is 178 Å². The zero-order valence-corrected chi connectivity index (χ0v) is 17.9. The molecule has 160 valence electrons. The summed E-state index contributed by atoms with van der Waals surface area (Å²) in [7, 11) is 0. The summed E-state index contributed by atoms with van der Waals surface area (Å²) in [6.07, 6.45) is 1.10. The predicted molar refractivity (Wildman–Crippen MR) is 117 cm³/mol. The topological polar surface area (TPSA) is 55.2 Å². The standard InChI is InChI=1S/C24H31N3O3/c1-3-29-22-14-19-13-18(2)30-23(19)15-20(22)16-25-24(28)17-26-9-11-27(12-10-26)21-7-5-4-6-8-21/h4-8,14-15,18H,3,9-13,16-17H2,1-2H3,(H,25,28)/p+1/t18-/m0/s1. The minimum atomic E-state index is 0.0791. The van der Waals surface area contributed by atoms with Gasteiger partial charge in [0.25, 0.3) is 5.91 Å². The van der Waals surface area contributed by atoms with Crippen LogP contribution in [0.25, 0.3) is 0 Å². The quantitative estimate of drug-likeness (QED) is 0.725. The second-order valence-electron chi connectivity index (χ2n) is 8.16. The van der Waals surface area contributed by atoms with Gasteiger partial charge < -0.3 is 24.6 Å². The number of nitrogens with zero attached hydrogens (tertiary/aromatic N) is 1. The third-order valence-corrected chi connectivity index (χ3v) is 5.86. The third-order valence-electron chi connectivity index (χ3n) is 5.86. The van der Waals surface area contributed by atoms with Crippen molar-refractivity contribution in [2.45, 2.75) is 32.9 Å². The van der Waals surface area contributed by atoms with Crippen molar-refractivity contribution in [3.8, 4) is 11.5 Å². The van der Waals surface area contributed by atoms with Crippen molar-refractivity contribution in [2.24, 2.45) is 0 Å². The number of benzene rings is 2. The molecule has 2 heterocycles. The highest BCUT2D eigenvalue weighted by Gasteiger charge is 2.24. The lowest BCUT2D eigenvalue weighted by atomic mass is 10.1. The van der Waals surface area contributed by atoms with Crippen LogP contribution in [0, 0.1) is 0 Å². The van der Waals surface area contributed by atoms with Gasteiger partial charge in [0, 0.05) is 29.8 Å². The number of amides is 1. The number of carbonyl (C=O) groups excluding carboxylic acids is 1. The normalized spacial score (nSPS) is 18.6. The third kappa shape index (κ3) is 4.87. The number of nitrogens with one attached hydrogen (secondary N) is 2. The van der Waals surface area contributed by atoms with E-state index in [0.29, 0.717) is 19.7 Å². The van der Waals surface area contributed by atoms with Gasteiger partial charge in [0.15, 0.2) is 6.54 Å². The maximum absolute atomic E-state index is 12.6. The van der Waals surface area contributed by atoms with E-state index in [2.05, 4.69) is 47.5 Å². The molecule has 30 heavy (non-hydrogen) atoms. The Hall–Kier alpha value is -2.73. The molecule has 2 aromatic rings. The summed E-state index contributed by atoms with van der Waals surface area (Å²) in [6.45, 7) is 9.51. The Kier molecular flexibility index (Phi) is 6.43. The SMILES string of the molecule is CCOc1cc2c(cc1CNC(=O)C[NH+]1CCN(c3ccccc3)CC1)O[C@@H](C)C2. The molecule has 4 rings (SSSR count). The first-order chi connectivity index (χ1) is 14.6. The second kappa shape index (κ2) is 9.39. The van der Waals surface area contributed by atoms with E-state index in [9.17, 15) is 4.79 Å². The van der Waals surface area contributed by atoms with Crippen LogP contribution < -0.4 is 24.6 Å². The van der Waals surface area contributed by atoms with Gasteiger partial charge in [0.2, 0.25) is 0 Å². The first-order valence-electron chi connectivity index (χ1n) is 11.0. The molecule has 6 nitrogen and oxygen atoms in total. The summed E-state index contributed by atoms with van der Waals surface area (Å²) in [6, 6.07) is 14.6. The van der Waals surface area contributed by atoms with Gasteiger partial charge in [-0.3, -0.25) is 4.79 Å². The smallest absolute Gasteiger partial charge is 0.275 e. The maximum atomic E-state index is 12.6. The molecule has 2 aliphatic heterocycles. The van der Waals surface area contributed by atoms with Crippen molar-refractivity contribution in [1.29, 1.82) is 0 Å². The van der Waals surface area contributed by atoms with Crippen LogP contribution in [0.2, 0.25) is 0 Å². The highest BCUT2D eigenvalue weighted by Crippen LogP contribution is 2.35. The molecular formula is C24H32N3O3+. The highest BCUT2D eigenvalue weighted by atomic mass is 16.5. The molecule has 0 unspecified atom stereocenters. The number of carbonyl (C=O) groups is 1. The summed E-state index contributed by atoms with van der Waals surface area (Å²) in [5, 5.41) is 3.08. The van der Waals surface area contributed by atoms with Crippen molar-refractivity contribution >= 4 is 11.6 Å².